The molecule has 0 saturated heterocycles. The van der Waals surface area contributed by atoms with E-state index in [1.165, 1.54) is 11.3 Å². The first-order valence-electron chi connectivity index (χ1n) is 5.66. The van der Waals surface area contributed by atoms with Crippen LogP contribution in [0, 0.1) is 0 Å². The molecule has 2 rings (SSSR count). The zero-order valence-electron chi connectivity index (χ0n) is 10.8. The standard InChI is InChI=1S/C12H11Br2N3O3S/c1-20-9-3-7(5(13)2-6(9)14)16-12-17-8(4-21-12)10(15)11(18)19/h2-4,10H,15H2,1H3,(H,16,17)(H,18,19). The van der Waals surface area contributed by atoms with Crippen LogP contribution in [0.15, 0.2) is 26.5 Å². The van der Waals surface area contributed by atoms with Crippen molar-refractivity contribution in [1.82, 2.24) is 4.98 Å². The number of aliphatic carboxylic acids is 1. The van der Waals surface area contributed by atoms with Gasteiger partial charge in [0.15, 0.2) is 5.13 Å². The van der Waals surface area contributed by atoms with Crippen molar-refractivity contribution < 1.29 is 14.6 Å². The number of carboxylic acids is 1. The molecule has 1 atom stereocenters. The Morgan fingerprint density at radius 3 is 2.81 bits per heavy atom. The monoisotopic (exact) mass is 435 g/mol. The van der Waals surface area contributed by atoms with Gasteiger partial charge in [-0.2, -0.15) is 0 Å². The number of thiazole rings is 1. The number of aromatic nitrogens is 1. The van der Waals surface area contributed by atoms with E-state index in [2.05, 4.69) is 42.2 Å². The van der Waals surface area contributed by atoms with Gasteiger partial charge in [0.2, 0.25) is 0 Å². The molecule has 0 spiro atoms. The van der Waals surface area contributed by atoms with Gasteiger partial charge in [-0.3, -0.25) is 4.79 Å². The molecule has 6 nitrogen and oxygen atoms in total. The molecule has 1 aromatic heterocycles. The van der Waals surface area contributed by atoms with Crippen molar-refractivity contribution in [2.24, 2.45) is 5.73 Å². The molecular weight excluding hydrogens is 426 g/mol. The molecule has 21 heavy (non-hydrogen) atoms. The van der Waals surface area contributed by atoms with Crippen molar-refractivity contribution in [3.63, 3.8) is 0 Å². The number of nitrogens with zero attached hydrogens (tertiary/aromatic N) is 1. The van der Waals surface area contributed by atoms with E-state index in [0.717, 1.165) is 14.6 Å². The number of nitrogens with two attached hydrogens (primary N) is 1. The van der Waals surface area contributed by atoms with Gasteiger partial charge in [-0.15, -0.1) is 11.3 Å². The summed E-state index contributed by atoms with van der Waals surface area (Å²) in [6.07, 6.45) is 0. The minimum atomic E-state index is -1.13. The van der Waals surface area contributed by atoms with Crippen LogP contribution < -0.4 is 15.8 Å². The van der Waals surface area contributed by atoms with Crippen LogP contribution in [0.2, 0.25) is 0 Å². The summed E-state index contributed by atoms with van der Waals surface area (Å²) in [5, 5.41) is 14.1. The van der Waals surface area contributed by atoms with Crippen LogP contribution in [0.3, 0.4) is 0 Å². The highest BCUT2D eigenvalue weighted by Crippen LogP contribution is 2.36. The van der Waals surface area contributed by atoms with Gasteiger partial charge in [0.1, 0.15) is 11.8 Å². The summed E-state index contributed by atoms with van der Waals surface area (Å²) >= 11 is 8.10. The number of nitrogens with one attached hydrogen (secondary N) is 1. The van der Waals surface area contributed by atoms with Gasteiger partial charge in [-0.25, -0.2) is 4.98 Å². The SMILES string of the molecule is COc1cc(Nc2nc(C(N)C(=O)O)cs2)c(Br)cc1Br. The number of methoxy groups -OCH3 is 1. The first-order chi connectivity index (χ1) is 9.92. The molecular formula is C12H11Br2N3O3S. The predicted molar refractivity (Wildman–Crippen MR) is 88.4 cm³/mol. The average molecular weight is 437 g/mol. The van der Waals surface area contributed by atoms with Crippen LogP contribution in [0.4, 0.5) is 10.8 Å². The highest BCUT2D eigenvalue weighted by molar-refractivity contribution is 9.11. The van der Waals surface area contributed by atoms with Crippen LogP contribution in [0.5, 0.6) is 5.75 Å². The summed E-state index contributed by atoms with van der Waals surface area (Å²) in [4.78, 5) is 15.0. The topological polar surface area (TPSA) is 97.5 Å². The van der Waals surface area contributed by atoms with Crippen molar-refractivity contribution in [1.29, 1.82) is 0 Å². The van der Waals surface area contributed by atoms with E-state index in [0.29, 0.717) is 16.6 Å². The molecule has 0 radical (unpaired) electrons. The summed E-state index contributed by atoms with van der Waals surface area (Å²) < 4.78 is 6.86. The molecule has 112 valence electrons. The molecule has 9 heteroatoms. The lowest BCUT2D eigenvalue weighted by Crippen LogP contribution is -2.20. The summed E-state index contributed by atoms with van der Waals surface area (Å²) in [7, 11) is 1.57. The number of carboxylic acid groups (broad SMARTS) is 1. The van der Waals surface area contributed by atoms with Gasteiger partial charge >= 0.3 is 5.97 Å². The van der Waals surface area contributed by atoms with E-state index in [-0.39, 0.29) is 0 Å². The molecule has 4 N–H and O–H groups in total. The summed E-state index contributed by atoms with van der Waals surface area (Å²) in [5.74, 6) is -0.446. The Labute approximate surface area is 141 Å². The number of hydrogen-bond donors (Lipinski definition) is 3. The third kappa shape index (κ3) is 3.73. The molecule has 0 fully saturated rings. The second-order valence-electron chi connectivity index (χ2n) is 3.99. The fourth-order valence-corrected chi connectivity index (χ4v) is 3.52. The molecule has 0 saturated carbocycles. The molecule has 2 aromatic rings. The van der Waals surface area contributed by atoms with E-state index in [9.17, 15) is 4.79 Å². The summed E-state index contributed by atoms with van der Waals surface area (Å²) in [6, 6.07) is 2.52. The smallest absolute Gasteiger partial charge is 0.326 e. The Balaban J connectivity index is 2.25. The molecule has 0 bridgehead atoms. The number of carbonyl (C=O) groups is 1. The fraction of sp³-hybridized carbons (Fsp3) is 0.167. The van der Waals surface area contributed by atoms with Crippen molar-refractivity contribution in [2.75, 3.05) is 12.4 Å². The van der Waals surface area contributed by atoms with Crippen LogP contribution in [0.1, 0.15) is 11.7 Å². The zero-order valence-corrected chi connectivity index (χ0v) is 14.8. The largest absolute Gasteiger partial charge is 0.495 e. The zero-order chi connectivity index (χ0) is 15.6. The second-order valence-corrected chi connectivity index (χ2v) is 6.55. The van der Waals surface area contributed by atoms with Gasteiger partial charge in [0, 0.05) is 15.9 Å². The first-order valence-corrected chi connectivity index (χ1v) is 8.12. The molecule has 0 amide bonds. The van der Waals surface area contributed by atoms with E-state index in [1.54, 1.807) is 18.6 Å². The molecule has 1 aromatic carbocycles. The Bertz CT molecular complexity index is 678. The Morgan fingerprint density at radius 2 is 2.19 bits per heavy atom. The minimum Gasteiger partial charge on any atom is -0.495 e. The molecule has 1 heterocycles. The van der Waals surface area contributed by atoms with Crippen molar-refractivity contribution in [2.45, 2.75) is 6.04 Å². The van der Waals surface area contributed by atoms with E-state index < -0.39 is 12.0 Å². The van der Waals surface area contributed by atoms with E-state index in [1.807, 2.05) is 6.07 Å². The third-order valence-corrected chi connectivity index (χ3v) is 4.64. The van der Waals surface area contributed by atoms with E-state index >= 15 is 0 Å². The number of anilines is 2. The number of ether oxygens (including phenoxy) is 1. The summed E-state index contributed by atoms with van der Waals surface area (Å²) in [6.45, 7) is 0. The number of halogens is 2. The van der Waals surface area contributed by atoms with Crippen LogP contribution in [-0.2, 0) is 4.79 Å². The van der Waals surface area contributed by atoms with Crippen LogP contribution >= 0.6 is 43.2 Å². The first kappa shape index (κ1) is 16.2. The highest BCUT2D eigenvalue weighted by Gasteiger charge is 2.18. The molecule has 1 unspecified atom stereocenters. The Morgan fingerprint density at radius 1 is 1.48 bits per heavy atom. The normalized spacial score (nSPS) is 12.0. The second kappa shape index (κ2) is 6.73. The van der Waals surface area contributed by atoms with Gasteiger partial charge < -0.3 is 20.9 Å². The lowest BCUT2D eigenvalue weighted by molar-refractivity contribution is -0.138. The Hall–Kier alpha value is -1.16. The molecule has 0 aliphatic carbocycles. The van der Waals surface area contributed by atoms with Gasteiger partial charge in [-0.1, -0.05) is 0 Å². The lowest BCUT2D eigenvalue weighted by Gasteiger charge is -2.10. The highest BCUT2D eigenvalue weighted by atomic mass is 79.9. The van der Waals surface area contributed by atoms with Crippen LogP contribution in [-0.4, -0.2) is 23.2 Å². The number of rotatable bonds is 5. The van der Waals surface area contributed by atoms with Gasteiger partial charge in [-0.05, 0) is 37.9 Å². The third-order valence-electron chi connectivity index (χ3n) is 2.59. The maximum atomic E-state index is 10.8. The van der Waals surface area contributed by atoms with Crippen LogP contribution in [0.25, 0.3) is 0 Å². The average Bonchev–Trinajstić information content (AvgIpc) is 2.89. The quantitative estimate of drug-likeness (QED) is 0.663. The van der Waals surface area contributed by atoms with Crippen molar-refractivity contribution in [3.8, 4) is 5.75 Å². The maximum Gasteiger partial charge on any atom is 0.326 e. The predicted octanol–water partition coefficient (Wildman–Crippen LogP) is 3.50. The van der Waals surface area contributed by atoms with Crippen molar-refractivity contribution in [3.05, 3.63) is 32.2 Å². The van der Waals surface area contributed by atoms with E-state index in [4.69, 9.17) is 15.6 Å². The molecule has 0 aliphatic rings. The maximum absolute atomic E-state index is 10.8. The Kier molecular flexibility index (Phi) is 5.20. The lowest BCUT2D eigenvalue weighted by atomic mass is 10.2. The van der Waals surface area contributed by atoms with Gasteiger partial charge in [0.05, 0.1) is 23.0 Å². The van der Waals surface area contributed by atoms with Crippen molar-refractivity contribution >= 4 is 60.0 Å². The summed E-state index contributed by atoms with van der Waals surface area (Å²) in [5.41, 5.74) is 6.59. The molecule has 0 aliphatic heterocycles. The minimum absolute atomic E-state index is 0.315. The van der Waals surface area contributed by atoms with Gasteiger partial charge in [0.25, 0.3) is 0 Å². The fourth-order valence-electron chi connectivity index (χ4n) is 1.51. The number of hydrogen-bond acceptors (Lipinski definition) is 6. The number of benzene rings is 1.